The lowest BCUT2D eigenvalue weighted by atomic mass is 9.86. The van der Waals surface area contributed by atoms with Crippen molar-refractivity contribution in [1.29, 1.82) is 0 Å². The van der Waals surface area contributed by atoms with Gasteiger partial charge >= 0.3 is 5.97 Å². The van der Waals surface area contributed by atoms with Crippen molar-refractivity contribution in [3.63, 3.8) is 0 Å². The number of hydrogen-bond acceptors (Lipinski definition) is 4. The van der Waals surface area contributed by atoms with Crippen LogP contribution in [0.25, 0.3) is 11.0 Å². The van der Waals surface area contributed by atoms with E-state index in [1.807, 2.05) is 22.9 Å². The maximum absolute atomic E-state index is 12.1. The molecule has 5 heteroatoms. The topological polar surface area (TPSA) is 57.0 Å². The Balaban J connectivity index is 1.50. The van der Waals surface area contributed by atoms with Gasteiger partial charge in [0.2, 0.25) is 0 Å². The van der Waals surface area contributed by atoms with Crippen LogP contribution in [0, 0.1) is 5.92 Å². The minimum atomic E-state index is -0.299. The zero-order valence-corrected chi connectivity index (χ0v) is 13.4. The first-order valence-corrected chi connectivity index (χ1v) is 8.32. The van der Waals surface area contributed by atoms with E-state index in [4.69, 9.17) is 4.74 Å². The molecular formula is C19H19N3O2. The number of rotatable bonds is 5. The fourth-order valence-electron chi connectivity index (χ4n) is 2.89. The lowest BCUT2D eigenvalue weighted by Crippen LogP contribution is -2.20. The highest BCUT2D eigenvalue weighted by Crippen LogP contribution is 2.26. The Labute approximate surface area is 140 Å². The fraction of sp³-hybridized carbons (Fsp3) is 0.316. The monoisotopic (exact) mass is 321 g/mol. The number of nitrogens with zero attached hydrogens (tertiary/aromatic N) is 3. The third kappa shape index (κ3) is 3.02. The van der Waals surface area contributed by atoms with Crippen LogP contribution in [-0.2, 0) is 11.3 Å². The minimum absolute atomic E-state index is 0.299. The summed E-state index contributed by atoms with van der Waals surface area (Å²) in [4.78, 5) is 16.6. The molecule has 2 aromatic heterocycles. The Bertz CT molecular complexity index is 853. The van der Waals surface area contributed by atoms with Crippen LogP contribution in [0.5, 0.6) is 0 Å². The molecule has 1 saturated carbocycles. The Morgan fingerprint density at radius 2 is 2.04 bits per heavy atom. The van der Waals surface area contributed by atoms with Crippen molar-refractivity contribution in [2.75, 3.05) is 6.61 Å². The van der Waals surface area contributed by atoms with E-state index in [0.717, 1.165) is 29.4 Å². The summed E-state index contributed by atoms with van der Waals surface area (Å²) in [6, 6.07) is 11.9. The van der Waals surface area contributed by atoms with Gasteiger partial charge in [0.05, 0.1) is 24.9 Å². The standard InChI is InChI=1S/C19H19N3O2/c23-19(24-13-15-7-4-8-15)17-9-16-11-21-22(18(16)20-10-17)12-14-5-2-1-3-6-14/h1-3,5-6,9-11,15H,4,7-8,12-13H2. The van der Waals surface area contributed by atoms with Crippen LogP contribution in [0.2, 0.25) is 0 Å². The number of pyridine rings is 1. The Morgan fingerprint density at radius 1 is 1.21 bits per heavy atom. The second-order valence-electron chi connectivity index (χ2n) is 6.32. The Hall–Kier alpha value is -2.69. The van der Waals surface area contributed by atoms with Crippen molar-refractivity contribution < 1.29 is 9.53 Å². The molecule has 0 spiro atoms. The van der Waals surface area contributed by atoms with Crippen LogP contribution in [0.4, 0.5) is 0 Å². The van der Waals surface area contributed by atoms with E-state index < -0.39 is 0 Å². The summed E-state index contributed by atoms with van der Waals surface area (Å²) < 4.78 is 7.22. The number of hydrogen-bond donors (Lipinski definition) is 0. The first-order chi connectivity index (χ1) is 11.8. The van der Waals surface area contributed by atoms with Crippen molar-refractivity contribution in [3.8, 4) is 0 Å². The van der Waals surface area contributed by atoms with Crippen LogP contribution < -0.4 is 0 Å². The smallest absolute Gasteiger partial charge is 0.339 e. The zero-order chi connectivity index (χ0) is 16.4. The van der Waals surface area contributed by atoms with Crippen LogP contribution in [-0.4, -0.2) is 27.3 Å². The minimum Gasteiger partial charge on any atom is -0.462 e. The second kappa shape index (κ2) is 6.43. The quantitative estimate of drug-likeness (QED) is 0.676. The van der Waals surface area contributed by atoms with Crippen molar-refractivity contribution >= 4 is 17.0 Å². The number of benzene rings is 1. The summed E-state index contributed by atoms with van der Waals surface area (Å²) in [7, 11) is 0. The molecule has 1 aliphatic carbocycles. The Kier molecular flexibility index (Phi) is 3.99. The lowest BCUT2D eigenvalue weighted by molar-refractivity contribution is 0.0371. The SMILES string of the molecule is O=C(OCC1CCC1)c1cnc2c(cnn2Cc2ccccc2)c1. The van der Waals surface area contributed by atoms with Crippen molar-refractivity contribution in [2.45, 2.75) is 25.8 Å². The van der Waals surface area contributed by atoms with Crippen LogP contribution in [0.15, 0.2) is 48.8 Å². The molecule has 2 heterocycles. The third-order valence-corrected chi connectivity index (χ3v) is 4.56. The van der Waals surface area contributed by atoms with Gasteiger partial charge in [-0.25, -0.2) is 14.5 Å². The summed E-state index contributed by atoms with van der Waals surface area (Å²) in [5.41, 5.74) is 2.42. The average Bonchev–Trinajstić information content (AvgIpc) is 2.96. The molecule has 1 aromatic carbocycles. The summed E-state index contributed by atoms with van der Waals surface area (Å²) in [5.74, 6) is 0.242. The second-order valence-corrected chi connectivity index (χ2v) is 6.32. The van der Waals surface area contributed by atoms with Gasteiger partial charge < -0.3 is 4.74 Å². The van der Waals surface area contributed by atoms with Gasteiger partial charge in [0, 0.05) is 11.6 Å². The number of carbonyl (C=O) groups is 1. The molecule has 0 radical (unpaired) electrons. The molecule has 0 unspecified atom stereocenters. The molecule has 1 aliphatic rings. The first-order valence-electron chi connectivity index (χ1n) is 8.32. The van der Waals surface area contributed by atoms with Gasteiger partial charge in [-0.15, -0.1) is 0 Å². The van der Waals surface area contributed by atoms with Gasteiger partial charge in [-0.05, 0) is 30.4 Å². The number of carbonyl (C=O) groups excluding carboxylic acids is 1. The molecule has 24 heavy (non-hydrogen) atoms. The van der Waals surface area contributed by atoms with E-state index in [2.05, 4.69) is 22.2 Å². The highest BCUT2D eigenvalue weighted by molar-refractivity contribution is 5.92. The van der Waals surface area contributed by atoms with E-state index in [0.29, 0.717) is 24.6 Å². The van der Waals surface area contributed by atoms with E-state index in [1.54, 1.807) is 18.5 Å². The van der Waals surface area contributed by atoms with Crippen molar-refractivity contribution in [1.82, 2.24) is 14.8 Å². The van der Waals surface area contributed by atoms with Gasteiger partial charge in [-0.2, -0.15) is 5.10 Å². The molecule has 0 atom stereocenters. The molecule has 122 valence electrons. The number of esters is 1. The van der Waals surface area contributed by atoms with Gasteiger partial charge in [0.15, 0.2) is 5.65 Å². The Morgan fingerprint density at radius 3 is 2.79 bits per heavy atom. The van der Waals surface area contributed by atoms with E-state index in [-0.39, 0.29) is 5.97 Å². The first kappa shape index (κ1) is 14.9. The molecule has 0 N–H and O–H groups in total. The highest BCUT2D eigenvalue weighted by atomic mass is 16.5. The average molecular weight is 321 g/mol. The molecule has 0 aliphatic heterocycles. The lowest BCUT2D eigenvalue weighted by Gasteiger charge is -2.24. The fourth-order valence-corrected chi connectivity index (χ4v) is 2.89. The summed E-state index contributed by atoms with van der Waals surface area (Å²) in [6.45, 7) is 1.17. The van der Waals surface area contributed by atoms with Crippen molar-refractivity contribution in [2.24, 2.45) is 5.92 Å². The van der Waals surface area contributed by atoms with E-state index in [1.165, 1.54) is 6.42 Å². The van der Waals surface area contributed by atoms with E-state index in [9.17, 15) is 4.79 Å². The molecule has 0 bridgehead atoms. The number of aromatic nitrogens is 3. The number of fused-ring (bicyclic) bond motifs is 1. The maximum atomic E-state index is 12.1. The third-order valence-electron chi connectivity index (χ3n) is 4.56. The summed E-state index contributed by atoms with van der Waals surface area (Å²) in [5, 5.41) is 5.24. The zero-order valence-electron chi connectivity index (χ0n) is 13.4. The molecule has 1 fully saturated rings. The van der Waals surface area contributed by atoms with Crippen LogP contribution >= 0.6 is 0 Å². The summed E-state index contributed by atoms with van der Waals surface area (Å²) in [6.07, 6.45) is 6.90. The van der Waals surface area contributed by atoms with Gasteiger partial charge in [0.25, 0.3) is 0 Å². The molecule has 5 nitrogen and oxygen atoms in total. The molecule has 0 amide bonds. The molecule has 4 rings (SSSR count). The van der Waals surface area contributed by atoms with Gasteiger partial charge in [0.1, 0.15) is 0 Å². The van der Waals surface area contributed by atoms with Crippen LogP contribution in [0.3, 0.4) is 0 Å². The van der Waals surface area contributed by atoms with Gasteiger partial charge in [-0.3, -0.25) is 0 Å². The molecular weight excluding hydrogens is 302 g/mol. The van der Waals surface area contributed by atoms with Crippen molar-refractivity contribution in [3.05, 3.63) is 59.9 Å². The van der Waals surface area contributed by atoms with Crippen LogP contribution in [0.1, 0.15) is 35.2 Å². The maximum Gasteiger partial charge on any atom is 0.339 e. The molecule has 0 saturated heterocycles. The largest absolute Gasteiger partial charge is 0.462 e. The predicted octanol–water partition coefficient (Wildman–Crippen LogP) is 3.44. The van der Waals surface area contributed by atoms with E-state index >= 15 is 0 Å². The summed E-state index contributed by atoms with van der Waals surface area (Å²) >= 11 is 0. The predicted molar refractivity (Wildman–Crippen MR) is 90.7 cm³/mol. The molecule has 3 aromatic rings. The van der Waals surface area contributed by atoms with Gasteiger partial charge in [-0.1, -0.05) is 36.8 Å². The number of ether oxygens (including phenoxy) is 1. The highest BCUT2D eigenvalue weighted by Gasteiger charge is 2.20. The normalized spacial score (nSPS) is 14.5.